The van der Waals surface area contributed by atoms with E-state index in [0.29, 0.717) is 0 Å². The molecule has 0 saturated heterocycles. The first-order chi connectivity index (χ1) is 7.66. The second-order valence-electron chi connectivity index (χ2n) is 3.73. The Morgan fingerprint density at radius 1 is 1.19 bits per heavy atom. The molecule has 2 aromatic rings. The Labute approximate surface area is 93.8 Å². The molecule has 0 radical (unpaired) electrons. The van der Waals surface area contributed by atoms with E-state index < -0.39 is 5.97 Å². The molecule has 0 unspecified atom stereocenters. The van der Waals surface area contributed by atoms with Crippen molar-refractivity contribution in [3.8, 4) is 0 Å². The van der Waals surface area contributed by atoms with E-state index in [2.05, 4.69) is 6.07 Å². The number of carbonyl (C=O) groups is 1. The van der Waals surface area contributed by atoms with E-state index in [9.17, 15) is 4.79 Å². The minimum atomic E-state index is -0.924. The molecule has 1 N–H and O–H groups in total. The van der Waals surface area contributed by atoms with Crippen LogP contribution in [0, 0.1) is 6.92 Å². The average Bonchev–Trinajstić information content (AvgIpc) is 2.26. The van der Waals surface area contributed by atoms with Crippen molar-refractivity contribution < 1.29 is 9.90 Å². The van der Waals surface area contributed by atoms with Gasteiger partial charge in [0.15, 0.2) is 0 Å². The van der Waals surface area contributed by atoms with E-state index in [-0.39, 0.29) is 0 Å². The number of hydrogen-bond acceptors (Lipinski definition) is 1. The van der Waals surface area contributed by atoms with Gasteiger partial charge in [-0.2, -0.15) is 0 Å². The Hall–Kier alpha value is -2.09. The van der Waals surface area contributed by atoms with Gasteiger partial charge in [-0.1, -0.05) is 30.3 Å². The molecule has 0 aliphatic rings. The predicted octanol–water partition coefficient (Wildman–Crippen LogP) is 3.25. The van der Waals surface area contributed by atoms with Crippen molar-refractivity contribution in [2.24, 2.45) is 0 Å². The number of aliphatic carboxylic acids is 1. The zero-order chi connectivity index (χ0) is 11.5. The van der Waals surface area contributed by atoms with Crippen molar-refractivity contribution in [2.45, 2.75) is 6.92 Å². The lowest BCUT2D eigenvalue weighted by Crippen LogP contribution is -1.87. The lowest BCUT2D eigenvalue weighted by Gasteiger charge is -2.03. The highest BCUT2D eigenvalue weighted by atomic mass is 16.4. The van der Waals surface area contributed by atoms with Crippen LogP contribution in [0.15, 0.2) is 42.5 Å². The van der Waals surface area contributed by atoms with Crippen LogP contribution in [-0.2, 0) is 4.79 Å². The maximum absolute atomic E-state index is 10.5. The van der Waals surface area contributed by atoms with Crippen LogP contribution in [0.1, 0.15) is 11.1 Å². The van der Waals surface area contributed by atoms with Crippen molar-refractivity contribution in [3.05, 3.63) is 53.6 Å². The fraction of sp³-hybridized carbons (Fsp3) is 0.0714. The molecule has 0 amide bonds. The molecular formula is C14H12O2. The van der Waals surface area contributed by atoms with Gasteiger partial charge < -0.3 is 5.11 Å². The van der Waals surface area contributed by atoms with Gasteiger partial charge in [-0.3, -0.25) is 0 Å². The van der Waals surface area contributed by atoms with Crippen LogP contribution < -0.4 is 0 Å². The number of benzene rings is 2. The van der Waals surface area contributed by atoms with Crippen molar-refractivity contribution in [1.29, 1.82) is 0 Å². The molecule has 2 aromatic carbocycles. The van der Waals surface area contributed by atoms with E-state index in [1.807, 2.05) is 37.3 Å². The monoisotopic (exact) mass is 212 g/mol. The van der Waals surface area contributed by atoms with E-state index in [0.717, 1.165) is 22.6 Å². The second-order valence-corrected chi connectivity index (χ2v) is 3.73. The smallest absolute Gasteiger partial charge is 0.328 e. The molecule has 0 aromatic heterocycles. The first kappa shape index (κ1) is 10.4. The largest absolute Gasteiger partial charge is 0.478 e. The summed E-state index contributed by atoms with van der Waals surface area (Å²) in [6.45, 7) is 1.98. The van der Waals surface area contributed by atoms with Gasteiger partial charge in [0.25, 0.3) is 0 Å². The highest BCUT2D eigenvalue weighted by molar-refractivity contribution is 5.89. The fourth-order valence-electron chi connectivity index (χ4n) is 1.71. The lowest BCUT2D eigenvalue weighted by molar-refractivity contribution is -0.131. The normalized spacial score (nSPS) is 11.1. The van der Waals surface area contributed by atoms with Crippen LogP contribution in [0.4, 0.5) is 0 Å². The van der Waals surface area contributed by atoms with Gasteiger partial charge in [0.05, 0.1) is 0 Å². The molecule has 16 heavy (non-hydrogen) atoms. The van der Waals surface area contributed by atoms with Gasteiger partial charge in [-0.05, 0) is 41.0 Å². The van der Waals surface area contributed by atoms with Gasteiger partial charge >= 0.3 is 5.97 Å². The Bertz CT molecular complexity index is 568. The molecule has 0 bridgehead atoms. The Balaban J connectivity index is 2.54. The zero-order valence-electron chi connectivity index (χ0n) is 8.97. The number of fused-ring (bicyclic) bond motifs is 1. The van der Waals surface area contributed by atoms with Crippen LogP contribution >= 0.6 is 0 Å². The molecule has 2 heteroatoms. The molecule has 0 aliphatic heterocycles. The SMILES string of the molecule is Cc1cc2ccccc2cc1/C=C/C(=O)O. The standard InChI is InChI=1S/C14H12O2/c1-10-8-12-4-2-3-5-13(12)9-11(10)6-7-14(15)16/h2-9H,1H3,(H,15,16)/b7-6+. The predicted molar refractivity (Wildman–Crippen MR) is 65.4 cm³/mol. The van der Waals surface area contributed by atoms with E-state index >= 15 is 0 Å². The third kappa shape index (κ3) is 2.11. The molecule has 0 saturated carbocycles. The minimum absolute atomic E-state index is 0.924. The fourth-order valence-corrected chi connectivity index (χ4v) is 1.71. The van der Waals surface area contributed by atoms with Gasteiger partial charge in [-0.15, -0.1) is 0 Å². The average molecular weight is 212 g/mol. The van der Waals surface area contributed by atoms with Crippen LogP contribution in [0.25, 0.3) is 16.8 Å². The topological polar surface area (TPSA) is 37.3 Å². The number of aryl methyl sites for hydroxylation is 1. The minimum Gasteiger partial charge on any atom is -0.478 e. The quantitative estimate of drug-likeness (QED) is 0.776. The molecule has 2 nitrogen and oxygen atoms in total. The maximum atomic E-state index is 10.5. The maximum Gasteiger partial charge on any atom is 0.328 e. The summed E-state index contributed by atoms with van der Waals surface area (Å²) in [5.41, 5.74) is 2.03. The highest BCUT2D eigenvalue weighted by Crippen LogP contribution is 2.20. The van der Waals surface area contributed by atoms with Gasteiger partial charge in [0.2, 0.25) is 0 Å². The molecule has 0 spiro atoms. The van der Waals surface area contributed by atoms with Gasteiger partial charge in [-0.25, -0.2) is 4.79 Å². The first-order valence-electron chi connectivity index (χ1n) is 5.07. The Morgan fingerprint density at radius 2 is 1.81 bits per heavy atom. The number of rotatable bonds is 2. The van der Waals surface area contributed by atoms with Crippen molar-refractivity contribution in [3.63, 3.8) is 0 Å². The molecular weight excluding hydrogens is 200 g/mol. The molecule has 0 heterocycles. The van der Waals surface area contributed by atoms with E-state index in [4.69, 9.17) is 5.11 Å². The molecule has 80 valence electrons. The molecule has 0 aliphatic carbocycles. The van der Waals surface area contributed by atoms with Crippen LogP contribution in [0.2, 0.25) is 0 Å². The van der Waals surface area contributed by atoms with Crippen LogP contribution in [0.3, 0.4) is 0 Å². The number of carboxylic acids is 1. The van der Waals surface area contributed by atoms with Gasteiger partial charge in [0, 0.05) is 6.08 Å². The summed E-state index contributed by atoms with van der Waals surface area (Å²) >= 11 is 0. The van der Waals surface area contributed by atoms with E-state index in [1.54, 1.807) is 6.08 Å². The summed E-state index contributed by atoms with van der Waals surface area (Å²) in [6, 6.07) is 12.1. The summed E-state index contributed by atoms with van der Waals surface area (Å²) in [5.74, 6) is -0.924. The zero-order valence-corrected chi connectivity index (χ0v) is 8.97. The lowest BCUT2D eigenvalue weighted by atomic mass is 10.0. The molecule has 0 fully saturated rings. The van der Waals surface area contributed by atoms with E-state index in [1.165, 1.54) is 5.39 Å². The third-order valence-electron chi connectivity index (χ3n) is 2.54. The van der Waals surface area contributed by atoms with Gasteiger partial charge in [0.1, 0.15) is 0 Å². The van der Waals surface area contributed by atoms with Crippen molar-refractivity contribution in [1.82, 2.24) is 0 Å². The highest BCUT2D eigenvalue weighted by Gasteiger charge is 1.98. The summed E-state index contributed by atoms with van der Waals surface area (Å²) in [6.07, 6.45) is 2.79. The van der Waals surface area contributed by atoms with Crippen LogP contribution in [0.5, 0.6) is 0 Å². The Morgan fingerprint density at radius 3 is 2.44 bits per heavy atom. The summed E-state index contributed by atoms with van der Waals surface area (Å²) < 4.78 is 0. The second kappa shape index (κ2) is 4.19. The van der Waals surface area contributed by atoms with Crippen molar-refractivity contribution in [2.75, 3.05) is 0 Å². The number of carboxylic acid groups (broad SMARTS) is 1. The third-order valence-corrected chi connectivity index (χ3v) is 2.54. The van der Waals surface area contributed by atoms with Crippen molar-refractivity contribution >= 4 is 22.8 Å². The molecule has 2 rings (SSSR count). The molecule has 0 atom stereocenters. The summed E-state index contributed by atoms with van der Waals surface area (Å²) in [7, 11) is 0. The first-order valence-corrected chi connectivity index (χ1v) is 5.07. The van der Waals surface area contributed by atoms with Crippen LogP contribution in [-0.4, -0.2) is 11.1 Å². The summed E-state index contributed by atoms with van der Waals surface area (Å²) in [5, 5.41) is 10.9. The summed E-state index contributed by atoms with van der Waals surface area (Å²) in [4.78, 5) is 10.5. The Kier molecular flexibility index (Phi) is 2.73. The number of hydrogen-bond donors (Lipinski definition) is 1.